The molecule has 3 nitrogen and oxygen atoms in total. The van der Waals surface area contributed by atoms with Gasteiger partial charge in [-0.3, -0.25) is 0 Å². The molecule has 0 amide bonds. The first kappa shape index (κ1) is 12.3. The summed E-state index contributed by atoms with van der Waals surface area (Å²) in [7, 11) is 1.75. The molecule has 6 heteroatoms. The van der Waals surface area contributed by atoms with Gasteiger partial charge in [-0.2, -0.15) is 0 Å². The van der Waals surface area contributed by atoms with E-state index in [9.17, 15) is 4.39 Å². The molecule has 0 atom stereocenters. The molecule has 0 unspecified atom stereocenters. The van der Waals surface area contributed by atoms with Gasteiger partial charge < -0.3 is 10.6 Å². The van der Waals surface area contributed by atoms with Crippen molar-refractivity contribution in [2.45, 2.75) is 6.42 Å². The van der Waals surface area contributed by atoms with E-state index >= 15 is 0 Å². The van der Waals surface area contributed by atoms with Gasteiger partial charge in [0.25, 0.3) is 0 Å². The Balaban J connectivity index is 2.73. The number of anilines is 1. The number of pyridine rings is 1. The van der Waals surface area contributed by atoms with E-state index in [1.165, 1.54) is 6.07 Å². The zero-order valence-corrected chi connectivity index (χ0v) is 10.6. The summed E-state index contributed by atoms with van der Waals surface area (Å²) in [6, 6.07) is 1.37. The Hall–Kier alpha value is -0.750. The summed E-state index contributed by atoms with van der Waals surface area (Å²) >= 11 is 7.89. The van der Waals surface area contributed by atoms with Gasteiger partial charge in [0.15, 0.2) is 11.6 Å². The zero-order chi connectivity index (χ0) is 11.4. The van der Waals surface area contributed by atoms with E-state index in [2.05, 4.69) is 20.9 Å². The molecule has 15 heavy (non-hydrogen) atoms. The predicted octanol–water partition coefficient (Wildman–Crippen LogP) is 2.10. The third-order valence-electron chi connectivity index (χ3n) is 1.84. The molecule has 1 aromatic rings. The second kappa shape index (κ2) is 5.37. The quantitative estimate of drug-likeness (QED) is 0.863. The van der Waals surface area contributed by atoms with Crippen molar-refractivity contribution in [3.63, 3.8) is 0 Å². The topological polar surface area (TPSA) is 42.1 Å². The smallest absolute Gasteiger partial charge is 0.166 e. The largest absolute Gasteiger partial charge is 0.393 e. The van der Waals surface area contributed by atoms with Crippen LogP contribution < -0.4 is 10.6 Å². The molecule has 1 heterocycles. The van der Waals surface area contributed by atoms with Crippen LogP contribution in [0, 0.1) is 5.82 Å². The molecule has 0 spiro atoms. The van der Waals surface area contributed by atoms with Crippen LogP contribution in [-0.2, 0) is 0 Å². The van der Waals surface area contributed by atoms with Crippen molar-refractivity contribution < 1.29 is 4.39 Å². The van der Waals surface area contributed by atoms with E-state index in [4.69, 9.17) is 18.0 Å². The molecule has 82 valence electrons. The van der Waals surface area contributed by atoms with E-state index in [1.54, 1.807) is 18.1 Å². The zero-order valence-electron chi connectivity index (χ0n) is 8.20. The first-order valence-electron chi connectivity index (χ1n) is 4.31. The molecule has 0 radical (unpaired) electrons. The fourth-order valence-corrected chi connectivity index (χ4v) is 1.47. The SMILES string of the molecule is CN(CCC(N)=S)c1ncc(Br)cc1F. The fourth-order valence-electron chi connectivity index (χ4n) is 1.07. The second-order valence-corrected chi connectivity index (χ2v) is 4.54. The molecule has 0 saturated heterocycles. The summed E-state index contributed by atoms with van der Waals surface area (Å²) < 4.78 is 14.0. The normalized spacial score (nSPS) is 10.1. The fraction of sp³-hybridized carbons (Fsp3) is 0.333. The summed E-state index contributed by atoms with van der Waals surface area (Å²) in [5, 5.41) is 0. The Labute approximate surface area is 102 Å². The van der Waals surface area contributed by atoms with Crippen molar-refractivity contribution in [2.24, 2.45) is 5.73 Å². The molecular formula is C9H11BrFN3S. The van der Waals surface area contributed by atoms with Gasteiger partial charge in [-0.15, -0.1) is 0 Å². The maximum atomic E-state index is 13.4. The molecule has 1 rings (SSSR count). The molecule has 0 aliphatic rings. The lowest BCUT2D eigenvalue weighted by Crippen LogP contribution is -2.24. The third-order valence-corrected chi connectivity index (χ3v) is 2.48. The van der Waals surface area contributed by atoms with Gasteiger partial charge in [0.1, 0.15) is 0 Å². The van der Waals surface area contributed by atoms with E-state index in [0.717, 1.165) is 0 Å². The van der Waals surface area contributed by atoms with Gasteiger partial charge >= 0.3 is 0 Å². The van der Waals surface area contributed by atoms with Crippen molar-refractivity contribution >= 4 is 39.0 Å². The Kier molecular flexibility index (Phi) is 4.41. The minimum absolute atomic E-state index is 0.300. The minimum Gasteiger partial charge on any atom is -0.393 e. The molecule has 0 aliphatic heterocycles. The molecule has 2 N–H and O–H groups in total. The van der Waals surface area contributed by atoms with Crippen molar-refractivity contribution in [2.75, 3.05) is 18.5 Å². The first-order chi connectivity index (χ1) is 7.00. The highest BCUT2D eigenvalue weighted by Crippen LogP contribution is 2.18. The summed E-state index contributed by atoms with van der Waals surface area (Å²) in [5.41, 5.74) is 5.36. The second-order valence-electron chi connectivity index (χ2n) is 3.10. The molecule has 0 aliphatic carbocycles. The van der Waals surface area contributed by atoms with Crippen LogP contribution in [0.1, 0.15) is 6.42 Å². The summed E-state index contributed by atoms with van der Waals surface area (Å²) in [4.78, 5) is 6.07. The van der Waals surface area contributed by atoms with Gasteiger partial charge in [-0.25, -0.2) is 9.37 Å². The monoisotopic (exact) mass is 291 g/mol. The molecule has 1 aromatic heterocycles. The van der Waals surface area contributed by atoms with Crippen LogP contribution >= 0.6 is 28.1 Å². The molecule has 0 bridgehead atoms. The number of nitrogens with zero attached hydrogens (tertiary/aromatic N) is 2. The maximum Gasteiger partial charge on any atom is 0.166 e. The highest BCUT2D eigenvalue weighted by atomic mass is 79.9. The number of halogens is 2. The Bertz CT molecular complexity index is 372. The summed E-state index contributed by atoms with van der Waals surface area (Å²) in [5.74, 6) is -0.0655. The first-order valence-corrected chi connectivity index (χ1v) is 5.51. The van der Waals surface area contributed by atoms with Crippen LogP contribution in [0.2, 0.25) is 0 Å². The van der Waals surface area contributed by atoms with E-state index in [1.807, 2.05) is 0 Å². The number of hydrogen-bond acceptors (Lipinski definition) is 3. The lowest BCUT2D eigenvalue weighted by molar-refractivity contribution is 0.614. The molecule has 0 fully saturated rings. The number of rotatable bonds is 4. The van der Waals surface area contributed by atoms with E-state index in [-0.39, 0.29) is 5.82 Å². The Morgan fingerprint density at radius 2 is 2.40 bits per heavy atom. The minimum atomic E-state index is -0.366. The standard InChI is InChI=1S/C9H11BrFN3S/c1-14(3-2-8(12)15)9-7(11)4-6(10)5-13-9/h4-5H,2-3H2,1H3,(H2,12,15). The highest BCUT2D eigenvalue weighted by molar-refractivity contribution is 9.10. The molecule has 0 aromatic carbocycles. The van der Waals surface area contributed by atoms with Crippen LogP contribution in [0.3, 0.4) is 0 Å². The van der Waals surface area contributed by atoms with E-state index < -0.39 is 0 Å². The summed E-state index contributed by atoms with van der Waals surface area (Å²) in [6.45, 7) is 0.556. The van der Waals surface area contributed by atoms with Crippen molar-refractivity contribution in [1.82, 2.24) is 4.98 Å². The average molecular weight is 292 g/mol. The Morgan fingerprint density at radius 3 is 2.93 bits per heavy atom. The van der Waals surface area contributed by atoms with Gasteiger partial charge in [-0.05, 0) is 22.0 Å². The van der Waals surface area contributed by atoms with Crippen molar-refractivity contribution in [3.8, 4) is 0 Å². The predicted molar refractivity (Wildman–Crippen MR) is 66.6 cm³/mol. The number of thiocarbonyl (C=S) groups is 1. The van der Waals surface area contributed by atoms with Crippen LogP contribution in [-0.4, -0.2) is 23.6 Å². The third kappa shape index (κ3) is 3.71. The van der Waals surface area contributed by atoms with Gasteiger partial charge in [-0.1, -0.05) is 12.2 Å². The summed E-state index contributed by atoms with van der Waals surface area (Å²) in [6.07, 6.45) is 2.10. The number of hydrogen-bond donors (Lipinski definition) is 1. The van der Waals surface area contributed by atoms with Gasteiger partial charge in [0, 0.05) is 30.7 Å². The number of aromatic nitrogens is 1. The van der Waals surface area contributed by atoms with Crippen LogP contribution in [0.5, 0.6) is 0 Å². The maximum absolute atomic E-state index is 13.4. The van der Waals surface area contributed by atoms with Crippen LogP contribution in [0.25, 0.3) is 0 Å². The van der Waals surface area contributed by atoms with Gasteiger partial charge in [0.05, 0.1) is 4.99 Å². The lowest BCUT2D eigenvalue weighted by atomic mass is 10.3. The molecule has 0 saturated carbocycles. The Morgan fingerprint density at radius 1 is 1.73 bits per heavy atom. The van der Waals surface area contributed by atoms with Gasteiger partial charge in [0.2, 0.25) is 0 Å². The highest BCUT2D eigenvalue weighted by Gasteiger charge is 2.09. The van der Waals surface area contributed by atoms with Crippen LogP contribution in [0.4, 0.5) is 10.2 Å². The van der Waals surface area contributed by atoms with Crippen molar-refractivity contribution in [3.05, 3.63) is 22.6 Å². The number of nitrogens with two attached hydrogens (primary N) is 1. The average Bonchev–Trinajstić information content (AvgIpc) is 2.14. The lowest BCUT2D eigenvalue weighted by Gasteiger charge is -2.18. The molecular weight excluding hydrogens is 281 g/mol. The van der Waals surface area contributed by atoms with Crippen LogP contribution in [0.15, 0.2) is 16.7 Å². The van der Waals surface area contributed by atoms with Crippen molar-refractivity contribution in [1.29, 1.82) is 0 Å². The van der Waals surface area contributed by atoms with E-state index in [0.29, 0.717) is 28.2 Å².